The van der Waals surface area contributed by atoms with Crippen LogP contribution >= 0.6 is 0 Å². The van der Waals surface area contributed by atoms with Crippen LogP contribution in [0.25, 0.3) is 22.0 Å². The molecule has 0 aliphatic heterocycles. The summed E-state index contributed by atoms with van der Waals surface area (Å²) in [5.74, 6) is -1.93. The van der Waals surface area contributed by atoms with Crippen molar-refractivity contribution in [2.75, 3.05) is 0 Å². The normalized spacial score (nSPS) is 12.9. The Balaban J connectivity index is 1.70. The first-order chi connectivity index (χ1) is 17.7. The minimum Gasteiger partial charge on any atom is -0.481 e. The fourth-order valence-electron chi connectivity index (χ4n) is 4.41. The zero-order chi connectivity index (χ0) is 26.5. The van der Waals surface area contributed by atoms with Gasteiger partial charge in [0, 0.05) is 5.56 Å². The van der Waals surface area contributed by atoms with Gasteiger partial charge in [-0.15, -0.1) is 0 Å². The van der Waals surface area contributed by atoms with E-state index in [9.17, 15) is 23.9 Å². The van der Waals surface area contributed by atoms with Crippen LogP contribution in [0.1, 0.15) is 44.3 Å². The van der Waals surface area contributed by atoms with Gasteiger partial charge in [0.1, 0.15) is 11.9 Å². The number of hydrogen-bond donors (Lipinski definition) is 2. The molecule has 0 aliphatic rings. The van der Waals surface area contributed by atoms with Gasteiger partial charge in [-0.2, -0.15) is 0 Å². The number of amides is 1. The molecule has 2 N–H and O–H groups in total. The van der Waals surface area contributed by atoms with Crippen molar-refractivity contribution < 1.29 is 19.1 Å². The highest BCUT2D eigenvalue weighted by Gasteiger charge is 2.27. The Morgan fingerprint density at radius 3 is 2.49 bits per heavy atom. The van der Waals surface area contributed by atoms with Crippen molar-refractivity contribution in [3.63, 3.8) is 0 Å². The number of benzene rings is 3. The number of carbonyl (C=O) groups is 2. The molecule has 4 aromatic rings. The van der Waals surface area contributed by atoms with Crippen LogP contribution in [0.3, 0.4) is 0 Å². The minimum absolute atomic E-state index is 0.0661. The second kappa shape index (κ2) is 11.2. The van der Waals surface area contributed by atoms with E-state index < -0.39 is 29.8 Å². The van der Waals surface area contributed by atoms with Gasteiger partial charge in [0.25, 0.3) is 5.56 Å². The summed E-state index contributed by atoms with van der Waals surface area (Å²) in [6, 6.07) is 18.2. The molecule has 0 saturated carbocycles. The number of aliphatic carboxylic acids is 1. The van der Waals surface area contributed by atoms with Crippen LogP contribution < -0.4 is 10.9 Å². The number of aromatic nitrogens is 2. The zero-order valence-corrected chi connectivity index (χ0v) is 20.6. The van der Waals surface area contributed by atoms with Gasteiger partial charge in [0.15, 0.2) is 0 Å². The van der Waals surface area contributed by atoms with Crippen molar-refractivity contribution in [2.45, 2.75) is 38.8 Å². The van der Waals surface area contributed by atoms with E-state index >= 15 is 0 Å². The van der Waals surface area contributed by atoms with E-state index in [1.165, 1.54) is 17.0 Å². The van der Waals surface area contributed by atoms with Crippen LogP contribution in [-0.2, 0) is 9.59 Å². The Bertz CT molecular complexity index is 1500. The van der Waals surface area contributed by atoms with E-state index in [1.54, 1.807) is 66.7 Å². The first-order valence-corrected chi connectivity index (χ1v) is 12.1. The van der Waals surface area contributed by atoms with Gasteiger partial charge in [0.05, 0.1) is 29.7 Å². The third-order valence-corrected chi connectivity index (χ3v) is 6.19. The summed E-state index contributed by atoms with van der Waals surface area (Å²) in [4.78, 5) is 42.9. The Morgan fingerprint density at radius 1 is 1.03 bits per heavy atom. The third kappa shape index (κ3) is 5.91. The Kier molecular flexibility index (Phi) is 7.77. The molecule has 0 aliphatic carbocycles. The van der Waals surface area contributed by atoms with E-state index in [0.717, 1.165) is 0 Å². The third-order valence-electron chi connectivity index (χ3n) is 6.19. The van der Waals surface area contributed by atoms with E-state index in [0.29, 0.717) is 34.0 Å². The summed E-state index contributed by atoms with van der Waals surface area (Å²) in [6.07, 6.45) is 1.33. The number of carbonyl (C=O) groups excluding carboxylic acids is 1. The van der Waals surface area contributed by atoms with Gasteiger partial charge >= 0.3 is 5.97 Å². The van der Waals surface area contributed by atoms with Crippen molar-refractivity contribution in [2.24, 2.45) is 5.92 Å². The van der Waals surface area contributed by atoms with Gasteiger partial charge in [-0.1, -0.05) is 62.4 Å². The molecule has 3 aromatic carbocycles. The number of hydrogen-bond acceptors (Lipinski definition) is 4. The maximum absolute atomic E-state index is 14.4. The van der Waals surface area contributed by atoms with Crippen molar-refractivity contribution in [3.8, 4) is 11.1 Å². The number of nitrogens with one attached hydrogen (secondary N) is 1. The zero-order valence-electron chi connectivity index (χ0n) is 20.6. The lowest BCUT2D eigenvalue weighted by Gasteiger charge is -2.25. The second-order valence-electron chi connectivity index (χ2n) is 9.38. The highest BCUT2D eigenvalue weighted by atomic mass is 19.1. The Hall–Kier alpha value is -4.33. The molecule has 1 amide bonds. The number of rotatable bonds is 9. The summed E-state index contributed by atoms with van der Waals surface area (Å²) in [5.41, 5.74) is 1.64. The minimum atomic E-state index is -1.11. The largest absolute Gasteiger partial charge is 0.481 e. The van der Waals surface area contributed by atoms with Crippen LogP contribution in [0, 0.1) is 11.7 Å². The number of carboxylic acid groups (broad SMARTS) is 1. The topological polar surface area (TPSA) is 101 Å². The van der Waals surface area contributed by atoms with Crippen molar-refractivity contribution in [3.05, 3.63) is 101 Å². The van der Waals surface area contributed by atoms with E-state index in [2.05, 4.69) is 10.3 Å². The van der Waals surface area contributed by atoms with Crippen LogP contribution in [0.5, 0.6) is 0 Å². The molecule has 8 heteroatoms. The highest BCUT2D eigenvalue weighted by Crippen LogP contribution is 2.28. The molecule has 37 heavy (non-hydrogen) atoms. The monoisotopic (exact) mass is 501 g/mol. The molecule has 0 saturated heterocycles. The molecule has 2 atom stereocenters. The Morgan fingerprint density at radius 2 is 1.76 bits per heavy atom. The van der Waals surface area contributed by atoms with Crippen LogP contribution in [0.2, 0.25) is 0 Å². The second-order valence-corrected chi connectivity index (χ2v) is 9.38. The lowest BCUT2D eigenvalue weighted by Crippen LogP contribution is -2.40. The maximum atomic E-state index is 14.4. The van der Waals surface area contributed by atoms with Crippen molar-refractivity contribution in [1.29, 1.82) is 0 Å². The predicted octanol–water partition coefficient (Wildman–Crippen LogP) is 5.12. The molecule has 0 unspecified atom stereocenters. The number of fused-ring (bicyclic) bond motifs is 1. The summed E-state index contributed by atoms with van der Waals surface area (Å²) in [5, 5.41) is 12.8. The molecule has 7 nitrogen and oxygen atoms in total. The molecule has 1 heterocycles. The highest BCUT2D eigenvalue weighted by molar-refractivity contribution is 5.83. The fourth-order valence-corrected chi connectivity index (χ4v) is 4.41. The molecule has 1 aromatic heterocycles. The molecule has 0 fully saturated rings. The molecule has 190 valence electrons. The van der Waals surface area contributed by atoms with E-state index in [4.69, 9.17) is 0 Å². The quantitative estimate of drug-likeness (QED) is 0.331. The average molecular weight is 502 g/mol. The first kappa shape index (κ1) is 25.8. The van der Waals surface area contributed by atoms with Crippen molar-refractivity contribution in [1.82, 2.24) is 14.9 Å². The average Bonchev–Trinajstić information content (AvgIpc) is 2.87. The molecular weight excluding hydrogens is 473 g/mol. The lowest BCUT2D eigenvalue weighted by molar-refractivity contribution is -0.138. The predicted molar refractivity (Wildman–Crippen MR) is 139 cm³/mol. The van der Waals surface area contributed by atoms with Gasteiger partial charge in [-0.05, 0) is 47.7 Å². The smallest absolute Gasteiger partial charge is 0.305 e. The van der Waals surface area contributed by atoms with Crippen LogP contribution in [0.4, 0.5) is 4.39 Å². The number of para-hydroxylation sites is 1. The van der Waals surface area contributed by atoms with Crippen LogP contribution in [-0.4, -0.2) is 26.5 Å². The van der Waals surface area contributed by atoms with E-state index in [-0.39, 0.29) is 17.9 Å². The molecule has 4 rings (SSSR count). The van der Waals surface area contributed by atoms with Gasteiger partial charge in [-0.3, -0.25) is 19.0 Å². The summed E-state index contributed by atoms with van der Waals surface area (Å²) in [6.45, 7) is 3.87. The van der Waals surface area contributed by atoms with Gasteiger partial charge in [-0.25, -0.2) is 9.37 Å². The van der Waals surface area contributed by atoms with Gasteiger partial charge in [0.2, 0.25) is 5.91 Å². The molecular formula is C29H28FN3O4. The SMILES string of the molecule is CC(C)C[C@@H](C(=O)N[C@@H](CC(=O)O)c1cccc(-c2ccccc2F)c1)n1cnc2ccccc2c1=O. The molecule has 0 spiro atoms. The first-order valence-electron chi connectivity index (χ1n) is 12.1. The van der Waals surface area contributed by atoms with Crippen LogP contribution in [0.15, 0.2) is 83.9 Å². The summed E-state index contributed by atoms with van der Waals surface area (Å²) < 4.78 is 15.7. The number of halogens is 1. The molecule has 0 radical (unpaired) electrons. The summed E-state index contributed by atoms with van der Waals surface area (Å²) in [7, 11) is 0. The Labute approximate surface area is 213 Å². The molecule has 0 bridgehead atoms. The number of nitrogens with zero attached hydrogens (tertiary/aromatic N) is 2. The van der Waals surface area contributed by atoms with Crippen molar-refractivity contribution >= 4 is 22.8 Å². The van der Waals surface area contributed by atoms with Gasteiger partial charge < -0.3 is 10.4 Å². The number of carboxylic acids is 1. The fraction of sp³-hybridized carbons (Fsp3) is 0.241. The maximum Gasteiger partial charge on any atom is 0.305 e. The summed E-state index contributed by atoms with van der Waals surface area (Å²) >= 11 is 0. The standard InChI is InChI=1S/C29H28FN3O4/c1-18(2)14-26(33-17-31-24-13-6-4-11-22(24)29(33)37)28(36)32-25(16-27(34)35)20-9-7-8-19(15-20)21-10-3-5-12-23(21)30/h3-13,15,17-18,25-26H,14,16H2,1-2H3,(H,32,36)(H,34,35)/t25-,26-/m0/s1. The van der Waals surface area contributed by atoms with E-state index in [1.807, 2.05) is 13.8 Å². The lowest BCUT2D eigenvalue weighted by atomic mass is 9.96.